The average Bonchev–Trinajstić information content (AvgIpc) is 2.69. The molecule has 0 saturated carbocycles. The van der Waals surface area contributed by atoms with Gasteiger partial charge in [-0.3, -0.25) is 4.79 Å². The third-order valence-electron chi connectivity index (χ3n) is 4.21. The van der Waals surface area contributed by atoms with Crippen LogP contribution in [-0.2, 0) is 17.9 Å². The van der Waals surface area contributed by atoms with Crippen LogP contribution in [0, 0.1) is 0 Å². The smallest absolute Gasteiger partial charge is 0.223 e. The lowest BCUT2D eigenvalue weighted by Crippen LogP contribution is -2.30. The number of carbonyl (C=O) groups excluding carboxylic acids is 1. The molecule has 3 nitrogen and oxygen atoms in total. The maximum atomic E-state index is 12.5. The fourth-order valence-electron chi connectivity index (χ4n) is 2.99. The van der Waals surface area contributed by atoms with Crippen molar-refractivity contribution >= 4 is 5.91 Å². The Labute approximate surface area is 131 Å². The number of nitrogens with zero attached hydrogens (tertiary/aromatic N) is 1. The monoisotopic (exact) mass is 294 g/mol. The predicted octanol–water partition coefficient (Wildman–Crippen LogP) is 3.32. The Morgan fingerprint density at radius 2 is 1.55 bits per heavy atom. The van der Waals surface area contributed by atoms with Gasteiger partial charge in [0.05, 0.1) is 0 Å². The van der Waals surface area contributed by atoms with Crippen LogP contribution in [0.2, 0.25) is 0 Å². The van der Waals surface area contributed by atoms with Gasteiger partial charge in [-0.25, -0.2) is 0 Å². The highest BCUT2D eigenvalue weighted by atomic mass is 16.2. The average molecular weight is 294 g/mol. The fourth-order valence-corrected chi connectivity index (χ4v) is 2.99. The summed E-state index contributed by atoms with van der Waals surface area (Å²) in [4.78, 5) is 14.5. The quantitative estimate of drug-likeness (QED) is 0.944. The minimum absolute atomic E-state index is 0.0653. The maximum Gasteiger partial charge on any atom is 0.223 e. The molecule has 2 N–H and O–H groups in total. The van der Waals surface area contributed by atoms with Gasteiger partial charge < -0.3 is 10.6 Å². The Morgan fingerprint density at radius 1 is 1.05 bits per heavy atom. The maximum absolute atomic E-state index is 12.5. The van der Waals surface area contributed by atoms with E-state index in [0.29, 0.717) is 19.5 Å². The van der Waals surface area contributed by atoms with E-state index in [9.17, 15) is 4.79 Å². The van der Waals surface area contributed by atoms with Crippen LogP contribution in [0.15, 0.2) is 48.5 Å². The summed E-state index contributed by atoms with van der Waals surface area (Å²) in [5.74, 6) is 0.184. The fraction of sp³-hybridized carbons (Fsp3) is 0.316. The zero-order chi connectivity index (χ0) is 15.5. The molecule has 3 rings (SSSR count). The van der Waals surface area contributed by atoms with Gasteiger partial charge in [0.15, 0.2) is 0 Å². The highest BCUT2D eigenvalue weighted by molar-refractivity contribution is 5.79. The van der Waals surface area contributed by atoms with E-state index in [1.54, 1.807) is 0 Å². The molecule has 1 aliphatic heterocycles. The number of nitrogens with two attached hydrogens (primary N) is 1. The number of amides is 1. The van der Waals surface area contributed by atoms with Crippen molar-refractivity contribution in [3.8, 4) is 11.1 Å². The molecule has 0 aliphatic carbocycles. The molecule has 0 aromatic heterocycles. The molecule has 1 aliphatic rings. The van der Waals surface area contributed by atoms with E-state index in [1.165, 1.54) is 22.3 Å². The van der Waals surface area contributed by atoms with E-state index < -0.39 is 0 Å². The molecule has 3 heteroatoms. The van der Waals surface area contributed by atoms with Gasteiger partial charge in [-0.05, 0) is 35.6 Å². The Kier molecular flexibility index (Phi) is 4.25. The predicted molar refractivity (Wildman–Crippen MR) is 89.0 cm³/mol. The molecule has 0 fully saturated rings. The molecule has 1 heterocycles. The van der Waals surface area contributed by atoms with Crippen LogP contribution in [0.25, 0.3) is 11.1 Å². The van der Waals surface area contributed by atoms with Gasteiger partial charge in [-0.1, -0.05) is 48.5 Å². The number of carbonyl (C=O) groups is 1. The number of rotatable bonds is 3. The third kappa shape index (κ3) is 3.04. The summed E-state index contributed by atoms with van der Waals surface area (Å²) in [5, 5.41) is 0. The summed E-state index contributed by atoms with van der Waals surface area (Å²) < 4.78 is 0. The summed E-state index contributed by atoms with van der Waals surface area (Å²) >= 11 is 0. The van der Waals surface area contributed by atoms with Gasteiger partial charge >= 0.3 is 0 Å². The zero-order valence-corrected chi connectivity index (χ0v) is 13.0. The van der Waals surface area contributed by atoms with Crippen molar-refractivity contribution in [2.45, 2.75) is 38.9 Å². The second-order valence-electron chi connectivity index (χ2n) is 6.08. The molecule has 0 radical (unpaired) electrons. The molecular weight excluding hydrogens is 272 g/mol. The summed E-state index contributed by atoms with van der Waals surface area (Å²) in [6.45, 7) is 3.28. The topological polar surface area (TPSA) is 46.3 Å². The first-order chi connectivity index (χ1) is 10.6. The van der Waals surface area contributed by atoms with E-state index in [1.807, 2.05) is 24.0 Å². The lowest BCUT2D eigenvalue weighted by molar-refractivity contribution is -0.132. The van der Waals surface area contributed by atoms with Crippen molar-refractivity contribution in [2.75, 3.05) is 0 Å². The molecule has 2 aromatic rings. The molecular formula is C19H22N2O. The molecule has 0 spiro atoms. The van der Waals surface area contributed by atoms with Crippen molar-refractivity contribution in [3.05, 3.63) is 59.7 Å². The van der Waals surface area contributed by atoms with Crippen LogP contribution in [0.5, 0.6) is 0 Å². The van der Waals surface area contributed by atoms with Crippen molar-refractivity contribution in [1.29, 1.82) is 0 Å². The van der Waals surface area contributed by atoms with E-state index in [0.717, 1.165) is 6.42 Å². The van der Waals surface area contributed by atoms with Crippen molar-refractivity contribution in [2.24, 2.45) is 5.73 Å². The lowest BCUT2D eigenvalue weighted by Gasteiger charge is -2.22. The summed E-state index contributed by atoms with van der Waals surface area (Å²) in [5.41, 5.74) is 10.7. The molecule has 0 bridgehead atoms. The number of hydrogen-bond donors (Lipinski definition) is 1. The Bertz CT molecular complexity index is 631. The second-order valence-corrected chi connectivity index (χ2v) is 6.08. The molecule has 22 heavy (non-hydrogen) atoms. The van der Waals surface area contributed by atoms with Crippen molar-refractivity contribution in [1.82, 2.24) is 4.90 Å². The molecule has 1 atom stereocenters. The third-order valence-corrected chi connectivity index (χ3v) is 4.21. The molecule has 2 aromatic carbocycles. The van der Waals surface area contributed by atoms with Crippen molar-refractivity contribution < 1.29 is 4.79 Å². The lowest BCUT2D eigenvalue weighted by atomic mass is 9.97. The van der Waals surface area contributed by atoms with Crippen LogP contribution < -0.4 is 5.73 Å². The first-order valence-corrected chi connectivity index (χ1v) is 7.84. The van der Waals surface area contributed by atoms with Gasteiger partial charge in [0.2, 0.25) is 5.91 Å². The SMILES string of the molecule is CC(N)CCC(=O)N1Cc2ccccc2-c2ccccc2C1. The van der Waals surface area contributed by atoms with Crippen LogP contribution in [0.4, 0.5) is 0 Å². The van der Waals surface area contributed by atoms with Crippen molar-refractivity contribution in [3.63, 3.8) is 0 Å². The Morgan fingerprint density at radius 3 is 2.05 bits per heavy atom. The normalized spacial score (nSPS) is 14.7. The highest BCUT2D eigenvalue weighted by Gasteiger charge is 2.22. The van der Waals surface area contributed by atoms with Crippen LogP contribution in [-0.4, -0.2) is 16.8 Å². The molecule has 1 unspecified atom stereocenters. The van der Waals surface area contributed by atoms with Crippen LogP contribution in [0.1, 0.15) is 30.9 Å². The second kappa shape index (κ2) is 6.32. The first kappa shape index (κ1) is 14.8. The first-order valence-electron chi connectivity index (χ1n) is 7.84. The summed E-state index contributed by atoms with van der Waals surface area (Å²) in [6, 6.07) is 16.8. The summed E-state index contributed by atoms with van der Waals surface area (Å²) in [6.07, 6.45) is 1.25. The molecule has 1 amide bonds. The van der Waals surface area contributed by atoms with Gasteiger partial charge in [0.25, 0.3) is 0 Å². The Balaban J connectivity index is 1.93. The largest absolute Gasteiger partial charge is 0.334 e. The van der Waals surface area contributed by atoms with Gasteiger partial charge in [0.1, 0.15) is 0 Å². The minimum Gasteiger partial charge on any atom is -0.334 e. The molecule has 114 valence electrons. The van der Waals surface area contributed by atoms with E-state index in [2.05, 4.69) is 36.4 Å². The summed E-state index contributed by atoms with van der Waals surface area (Å²) in [7, 11) is 0. The van der Waals surface area contributed by atoms with Crippen LogP contribution >= 0.6 is 0 Å². The standard InChI is InChI=1S/C19H22N2O/c1-14(20)10-11-19(22)21-12-15-6-2-4-8-17(15)18-9-5-3-7-16(18)13-21/h2-9,14H,10-13,20H2,1H3. The molecule has 0 saturated heterocycles. The minimum atomic E-state index is 0.0653. The number of hydrogen-bond acceptors (Lipinski definition) is 2. The van der Waals surface area contributed by atoms with E-state index in [-0.39, 0.29) is 11.9 Å². The zero-order valence-electron chi connectivity index (χ0n) is 13.0. The van der Waals surface area contributed by atoms with Gasteiger partial charge in [-0.2, -0.15) is 0 Å². The van der Waals surface area contributed by atoms with E-state index >= 15 is 0 Å². The number of benzene rings is 2. The highest BCUT2D eigenvalue weighted by Crippen LogP contribution is 2.32. The van der Waals surface area contributed by atoms with Gasteiger partial charge in [-0.15, -0.1) is 0 Å². The Hall–Kier alpha value is -2.13. The van der Waals surface area contributed by atoms with Gasteiger partial charge in [0, 0.05) is 25.6 Å². The van der Waals surface area contributed by atoms with Crippen LogP contribution in [0.3, 0.4) is 0 Å². The van der Waals surface area contributed by atoms with E-state index in [4.69, 9.17) is 5.73 Å². The number of fused-ring (bicyclic) bond motifs is 3.